The highest BCUT2D eigenvalue weighted by Gasteiger charge is 2.46. The molecule has 9 heteroatoms. The fourth-order valence-corrected chi connectivity index (χ4v) is 5.69. The van der Waals surface area contributed by atoms with Crippen molar-refractivity contribution in [2.45, 2.75) is 57.5 Å². The summed E-state index contributed by atoms with van der Waals surface area (Å²) in [5.74, 6) is 0.643. The summed E-state index contributed by atoms with van der Waals surface area (Å²) >= 11 is 1.49. The van der Waals surface area contributed by atoms with Gasteiger partial charge in [0.2, 0.25) is 0 Å². The zero-order valence-corrected chi connectivity index (χ0v) is 19.3. The van der Waals surface area contributed by atoms with Gasteiger partial charge in [-0.25, -0.2) is 4.79 Å². The maximum absolute atomic E-state index is 13.6. The number of rotatable bonds is 6. The Morgan fingerprint density at radius 2 is 2.03 bits per heavy atom. The highest BCUT2D eigenvalue weighted by atomic mass is 32.1. The number of amides is 4. The summed E-state index contributed by atoms with van der Waals surface area (Å²) in [7, 11) is 0. The third-order valence-electron chi connectivity index (χ3n) is 6.26. The Hall–Kier alpha value is -2.94. The molecule has 1 aromatic heterocycles. The van der Waals surface area contributed by atoms with Crippen LogP contribution in [-0.4, -0.2) is 47.2 Å². The number of aliphatic imine (C=N–C) groups is 1. The van der Waals surface area contributed by atoms with Gasteiger partial charge in [-0.05, 0) is 32.3 Å². The lowest BCUT2D eigenvalue weighted by Crippen LogP contribution is -2.50. The van der Waals surface area contributed by atoms with Crippen molar-refractivity contribution in [1.82, 2.24) is 15.5 Å². The molecular formula is C23H29N5O3S. The van der Waals surface area contributed by atoms with Gasteiger partial charge in [0.25, 0.3) is 11.8 Å². The fraction of sp³-hybridized carbons (Fsp3) is 0.478. The first-order valence-corrected chi connectivity index (χ1v) is 11.9. The predicted molar refractivity (Wildman–Crippen MR) is 126 cm³/mol. The van der Waals surface area contributed by atoms with Crippen LogP contribution < -0.4 is 16.4 Å². The Balaban J connectivity index is 1.57. The average Bonchev–Trinajstić information content (AvgIpc) is 3.30. The van der Waals surface area contributed by atoms with Gasteiger partial charge in [0.1, 0.15) is 11.4 Å². The monoisotopic (exact) mass is 455 g/mol. The van der Waals surface area contributed by atoms with E-state index in [2.05, 4.69) is 17.6 Å². The van der Waals surface area contributed by atoms with Crippen LogP contribution in [0.2, 0.25) is 0 Å². The largest absolute Gasteiger partial charge is 0.352 e. The molecule has 1 unspecified atom stereocenters. The molecule has 1 atom stereocenters. The molecule has 2 aliphatic rings. The first-order chi connectivity index (χ1) is 15.3. The van der Waals surface area contributed by atoms with Crippen molar-refractivity contribution in [3.8, 4) is 0 Å². The number of hydrogen-bond acceptors (Lipinski definition) is 5. The zero-order chi connectivity index (χ0) is 22.9. The first-order valence-electron chi connectivity index (χ1n) is 11.1. The number of fused-ring (bicyclic) bond motifs is 1. The van der Waals surface area contributed by atoms with Crippen LogP contribution in [0.25, 0.3) is 10.1 Å². The van der Waals surface area contributed by atoms with Crippen molar-refractivity contribution in [2.75, 3.05) is 13.1 Å². The van der Waals surface area contributed by atoms with E-state index in [1.54, 1.807) is 4.90 Å². The Bertz CT molecular complexity index is 1080. The SMILES string of the molecule is CCCCC1=NC2(CCN(C(=O)c3c(C(C)NC(N)=O)sc4ccccc34)CC2)C(=O)N1. The molecule has 0 aliphatic carbocycles. The van der Waals surface area contributed by atoms with E-state index in [4.69, 9.17) is 10.7 Å². The van der Waals surface area contributed by atoms with Crippen LogP contribution in [0.15, 0.2) is 29.3 Å². The van der Waals surface area contributed by atoms with Crippen molar-refractivity contribution in [1.29, 1.82) is 0 Å². The summed E-state index contributed by atoms with van der Waals surface area (Å²) in [5.41, 5.74) is 5.18. The van der Waals surface area contributed by atoms with Crippen LogP contribution >= 0.6 is 11.3 Å². The Labute approximate surface area is 191 Å². The van der Waals surface area contributed by atoms with Crippen LogP contribution in [0, 0.1) is 0 Å². The number of primary amides is 1. The summed E-state index contributed by atoms with van der Waals surface area (Å²) < 4.78 is 0.984. The Morgan fingerprint density at radius 3 is 2.72 bits per heavy atom. The van der Waals surface area contributed by atoms with Crippen molar-refractivity contribution < 1.29 is 14.4 Å². The van der Waals surface area contributed by atoms with E-state index in [1.807, 2.05) is 31.2 Å². The predicted octanol–water partition coefficient (Wildman–Crippen LogP) is 3.32. The maximum Gasteiger partial charge on any atom is 0.312 e. The number of unbranched alkanes of at least 4 members (excludes halogenated alkanes) is 1. The lowest BCUT2D eigenvalue weighted by atomic mass is 9.87. The molecule has 3 heterocycles. The zero-order valence-electron chi connectivity index (χ0n) is 18.4. The van der Waals surface area contributed by atoms with E-state index < -0.39 is 11.6 Å². The minimum absolute atomic E-state index is 0.0448. The summed E-state index contributed by atoms with van der Waals surface area (Å²) in [6.45, 7) is 4.85. The number of likely N-dealkylation sites (tertiary alicyclic amines) is 1. The number of carbonyl (C=O) groups excluding carboxylic acids is 3. The lowest BCUT2D eigenvalue weighted by Gasteiger charge is -2.35. The van der Waals surface area contributed by atoms with Crippen molar-refractivity contribution in [3.63, 3.8) is 0 Å². The second-order valence-corrected chi connectivity index (χ2v) is 9.59. The number of carbonyl (C=O) groups is 3. The molecule has 1 saturated heterocycles. The molecule has 4 rings (SSSR count). The van der Waals surface area contributed by atoms with E-state index >= 15 is 0 Å². The van der Waals surface area contributed by atoms with E-state index in [0.29, 0.717) is 31.5 Å². The molecular weight excluding hydrogens is 426 g/mol. The van der Waals surface area contributed by atoms with Crippen LogP contribution in [0.1, 0.15) is 67.2 Å². The number of nitrogens with two attached hydrogens (primary N) is 1. The van der Waals surface area contributed by atoms with Gasteiger partial charge in [-0.1, -0.05) is 31.5 Å². The van der Waals surface area contributed by atoms with Crippen LogP contribution in [0.3, 0.4) is 0 Å². The van der Waals surface area contributed by atoms with E-state index in [9.17, 15) is 14.4 Å². The number of nitrogens with one attached hydrogen (secondary N) is 2. The highest BCUT2D eigenvalue weighted by Crippen LogP contribution is 2.38. The van der Waals surface area contributed by atoms with Gasteiger partial charge >= 0.3 is 6.03 Å². The topological polar surface area (TPSA) is 117 Å². The molecule has 4 N–H and O–H groups in total. The molecule has 170 valence electrons. The second kappa shape index (κ2) is 8.90. The molecule has 2 aliphatic heterocycles. The maximum atomic E-state index is 13.6. The molecule has 8 nitrogen and oxygen atoms in total. The van der Waals surface area contributed by atoms with Gasteiger partial charge in [0.05, 0.1) is 11.6 Å². The average molecular weight is 456 g/mol. The Morgan fingerprint density at radius 1 is 1.31 bits per heavy atom. The van der Waals surface area contributed by atoms with Crippen LogP contribution in [0.5, 0.6) is 0 Å². The summed E-state index contributed by atoms with van der Waals surface area (Å²) in [5, 5.41) is 6.51. The molecule has 1 spiro atoms. The van der Waals surface area contributed by atoms with Gasteiger partial charge in [-0.15, -0.1) is 11.3 Å². The first kappa shape index (κ1) is 22.3. The third-order valence-corrected chi connectivity index (χ3v) is 7.62. The van der Waals surface area contributed by atoms with Gasteiger partial charge < -0.3 is 21.3 Å². The normalized spacial score (nSPS) is 18.5. The summed E-state index contributed by atoms with van der Waals surface area (Å²) in [4.78, 5) is 45.0. The second-order valence-electron chi connectivity index (χ2n) is 8.51. The van der Waals surface area contributed by atoms with E-state index in [0.717, 1.165) is 40.1 Å². The smallest absolute Gasteiger partial charge is 0.312 e. The molecule has 1 aromatic carbocycles. The summed E-state index contributed by atoms with van der Waals surface area (Å²) in [6.07, 6.45) is 3.83. The molecule has 0 bridgehead atoms. The van der Waals surface area contributed by atoms with E-state index in [1.165, 1.54) is 11.3 Å². The minimum Gasteiger partial charge on any atom is -0.352 e. The number of thiophene rings is 1. The number of piperidine rings is 1. The van der Waals surface area contributed by atoms with Crippen molar-refractivity contribution >= 4 is 45.1 Å². The number of urea groups is 1. The summed E-state index contributed by atoms with van der Waals surface area (Å²) in [6, 6.07) is 6.73. The van der Waals surface area contributed by atoms with Crippen molar-refractivity contribution in [2.24, 2.45) is 10.7 Å². The highest BCUT2D eigenvalue weighted by molar-refractivity contribution is 7.19. The van der Waals surface area contributed by atoms with Crippen LogP contribution in [0.4, 0.5) is 4.79 Å². The van der Waals surface area contributed by atoms with Crippen LogP contribution in [-0.2, 0) is 4.79 Å². The lowest BCUT2D eigenvalue weighted by molar-refractivity contribution is -0.125. The van der Waals surface area contributed by atoms with Gasteiger partial charge in [0.15, 0.2) is 0 Å². The molecule has 2 aromatic rings. The van der Waals surface area contributed by atoms with Gasteiger partial charge in [-0.2, -0.15) is 0 Å². The van der Waals surface area contributed by atoms with Gasteiger partial charge in [-0.3, -0.25) is 14.6 Å². The number of hydrogen-bond donors (Lipinski definition) is 3. The van der Waals surface area contributed by atoms with E-state index in [-0.39, 0.29) is 17.9 Å². The standard InChI is InChI=1S/C23H29N5O3S/c1-3-4-9-17-26-21(30)23(27-17)10-12-28(13-11-23)20(29)18-15-7-5-6-8-16(15)32-19(18)14(2)25-22(24)31/h5-8,14H,3-4,9-13H2,1-2H3,(H3,24,25,31)(H,26,27,30). The number of amidine groups is 1. The van der Waals surface area contributed by atoms with Crippen molar-refractivity contribution in [3.05, 3.63) is 34.7 Å². The molecule has 4 amide bonds. The third kappa shape index (κ3) is 4.09. The number of benzene rings is 1. The minimum atomic E-state index is -0.750. The van der Waals surface area contributed by atoms with Gasteiger partial charge in [0, 0.05) is 34.5 Å². The quantitative estimate of drug-likeness (QED) is 0.620. The molecule has 1 fully saturated rings. The fourth-order valence-electron chi connectivity index (χ4n) is 4.49. The molecule has 0 saturated carbocycles. The Kier molecular flexibility index (Phi) is 6.19. The number of nitrogens with zero attached hydrogens (tertiary/aromatic N) is 2. The molecule has 0 radical (unpaired) electrons. The molecule has 32 heavy (non-hydrogen) atoms.